The van der Waals surface area contributed by atoms with Gasteiger partial charge in [-0.2, -0.15) is 0 Å². The lowest BCUT2D eigenvalue weighted by molar-refractivity contribution is -0.141. The van der Waals surface area contributed by atoms with Crippen molar-refractivity contribution in [3.05, 3.63) is 0 Å². The van der Waals surface area contributed by atoms with Crippen LogP contribution >= 0.6 is 0 Å². The molecule has 0 heterocycles. The molecule has 0 fully saturated rings. The summed E-state index contributed by atoms with van der Waals surface area (Å²) in [5, 5.41) is 0. The summed E-state index contributed by atoms with van der Waals surface area (Å²) in [6.07, 6.45) is 0.470. The second kappa shape index (κ2) is 7.23. The molecule has 0 radical (unpaired) electrons. The Kier molecular flexibility index (Phi) is 6.74. The van der Waals surface area contributed by atoms with E-state index < -0.39 is 27.7 Å². The fraction of sp³-hybridized carbons (Fsp3) is 0.778. The van der Waals surface area contributed by atoms with Crippen LogP contribution in [-0.4, -0.2) is 58.2 Å². The van der Waals surface area contributed by atoms with Gasteiger partial charge in [0.2, 0.25) is 10.0 Å². The van der Waals surface area contributed by atoms with Crippen LogP contribution in [0, 0.1) is 0 Å². The van der Waals surface area contributed by atoms with Crippen LogP contribution in [0.1, 0.15) is 12.8 Å². The average molecular weight is 267 g/mol. The van der Waals surface area contributed by atoms with Crippen molar-refractivity contribution in [2.45, 2.75) is 12.8 Å². The van der Waals surface area contributed by atoms with E-state index in [-0.39, 0.29) is 13.0 Å². The van der Waals surface area contributed by atoms with E-state index in [9.17, 15) is 18.0 Å². The van der Waals surface area contributed by atoms with Crippen LogP contribution in [0.15, 0.2) is 0 Å². The van der Waals surface area contributed by atoms with E-state index in [4.69, 9.17) is 0 Å². The Labute approximate surface area is 101 Å². The number of methoxy groups -OCH3 is 2. The molecule has 100 valence electrons. The lowest BCUT2D eigenvalue weighted by Crippen LogP contribution is -2.33. The highest BCUT2D eigenvalue weighted by atomic mass is 32.2. The van der Waals surface area contributed by atoms with Gasteiger partial charge < -0.3 is 9.47 Å². The SMILES string of the molecule is COC(=O)CCCN(C)S(=O)(=O)CC(=O)OC. The normalized spacial score (nSPS) is 11.3. The number of hydrogen-bond donors (Lipinski definition) is 0. The van der Waals surface area contributed by atoms with E-state index >= 15 is 0 Å². The number of rotatable bonds is 7. The summed E-state index contributed by atoms with van der Waals surface area (Å²) in [6, 6.07) is 0. The summed E-state index contributed by atoms with van der Waals surface area (Å²) in [7, 11) is 0.0573. The van der Waals surface area contributed by atoms with E-state index in [2.05, 4.69) is 9.47 Å². The molecule has 0 amide bonds. The van der Waals surface area contributed by atoms with Gasteiger partial charge in [-0.25, -0.2) is 12.7 Å². The van der Waals surface area contributed by atoms with Crippen LogP contribution < -0.4 is 0 Å². The zero-order chi connectivity index (χ0) is 13.5. The largest absolute Gasteiger partial charge is 0.469 e. The van der Waals surface area contributed by atoms with Gasteiger partial charge in [0.1, 0.15) is 0 Å². The molecule has 17 heavy (non-hydrogen) atoms. The minimum atomic E-state index is -3.67. The van der Waals surface area contributed by atoms with Crippen molar-refractivity contribution < 1.29 is 27.5 Å². The molecule has 0 bridgehead atoms. The monoisotopic (exact) mass is 267 g/mol. The molecule has 0 saturated heterocycles. The number of carbonyl (C=O) groups excluding carboxylic acids is 2. The smallest absolute Gasteiger partial charge is 0.322 e. The minimum absolute atomic E-state index is 0.134. The maximum Gasteiger partial charge on any atom is 0.322 e. The summed E-state index contributed by atoms with van der Waals surface area (Å²) >= 11 is 0. The Bertz CT molecular complexity index is 364. The van der Waals surface area contributed by atoms with Gasteiger partial charge >= 0.3 is 11.9 Å². The third-order valence-electron chi connectivity index (χ3n) is 2.08. The first-order chi connectivity index (χ1) is 7.83. The van der Waals surface area contributed by atoms with Gasteiger partial charge in [0.05, 0.1) is 14.2 Å². The lowest BCUT2D eigenvalue weighted by Gasteiger charge is -2.15. The molecule has 0 aromatic heterocycles. The molecule has 0 aliphatic carbocycles. The molecule has 0 aliphatic rings. The van der Waals surface area contributed by atoms with Gasteiger partial charge in [-0.05, 0) is 6.42 Å². The first kappa shape index (κ1) is 15.9. The van der Waals surface area contributed by atoms with E-state index in [1.54, 1.807) is 0 Å². The molecule has 0 aromatic carbocycles. The van der Waals surface area contributed by atoms with Crippen molar-refractivity contribution in [3.8, 4) is 0 Å². The van der Waals surface area contributed by atoms with E-state index in [0.29, 0.717) is 6.42 Å². The van der Waals surface area contributed by atoms with Crippen LogP contribution in [0.2, 0.25) is 0 Å². The van der Waals surface area contributed by atoms with E-state index in [1.165, 1.54) is 14.2 Å². The predicted octanol–water partition coefficient (Wildman–Crippen LogP) is -0.626. The maximum absolute atomic E-state index is 11.6. The van der Waals surface area contributed by atoms with Crippen molar-refractivity contribution in [2.24, 2.45) is 0 Å². The summed E-state index contributed by atoms with van der Waals surface area (Å²) in [5.41, 5.74) is 0. The summed E-state index contributed by atoms with van der Waals surface area (Å²) in [6.45, 7) is 0.147. The van der Waals surface area contributed by atoms with Crippen molar-refractivity contribution >= 4 is 22.0 Å². The number of ether oxygens (including phenoxy) is 2. The van der Waals surface area contributed by atoms with Crippen molar-refractivity contribution in [2.75, 3.05) is 33.6 Å². The maximum atomic E-state index is 11.6. The molecular formula is C9H17NO6S. The fourth-order valence-electron chi connectivity index (χ4n) is 1.01. The third-order valence-corrected chi connectivity index (χ3v) is 3.82. The summed E-state index contributed by atoms with van der Waals surface area (Å²) in [5.74, 6) is -1.91. The predicted molar refractivity (Wildman–Crippen MR) is 59.7 cm³/mol. The Morgan fingerprint density at radius 1 is 1.12 bits per heavy atom. The van der Waals surface area contributed by atoms with Gasteiger partial charge in [-0.1, -0.05) is 0 Å². The molecule has 8 heteroatoms. The van der Waals surface area contributed by atoms with Crippen LogP contribution in [-0.2, 0) is 29.1 Å². The molecular weight excluding hydrogens is 250 g/mol. The number of esters is 2. The van der Waals surface area contributed by atoms with Gasteiger partial charge in [0.15, 0.2) is 5.75 Å². The van der Waals surface area contributed by atoms with Crippen molar-refractivity contribution in [1.82, 2.24) is 4.31 Å². The first-order valence-corrected chi connectivity index (χ1v) is 6.52. The van der Waals surface area contributed by atoms with Gasteiger partial charge in [-0.3, -0.25) is 9.59 Å². The van der Waals surface area contributed by atoms with Crippen LogP contribution in [0.3, 0.4) is 0 Å². The number of nitrogens with zero attached hydrogens (tertiary/aromatic N) is 1. The zero-order valence-electron chi connectivity index (χ0n) is 10.1. The molecule has 0 unspecified atom stereocenters. The Balaban J connectivity index is 4.16. The third kappa shape index (κ3) is 6.22. The van der Waals surface area contributed by atoms with Crippen LogP contribution in [0.5, 0.6) is 0 Å². The Morgan fingerprint density at radius 3 is 2.12 bits per heavy atom. The van der Waals surface area contributed by atoms with Crippen molar-refractivity contribution in [3.63, 3.8) is 0 Å². The summed E-state index contributed by atoms with van der Waals surface area (Å²) < 4.78 is 32.8. The highest BCUT2D eigenvalue weighted by Gasteiger charge is 2.22. The summed E-state index contributed by atoms with van der Waals surface area (Å²) in [4.78, 5) is 21.7. The van der Waals surface area contributed by atoms with Crippen LogP contribution in [0.25, 0.3) is 0 Å². The standard InChI is InChI=1S/C9H17NO6S/c1-10(6-4-5-8(11)15-2)17(13,14)7-9(12)16-3/h4-7H2,1-3H3. The molecule has 0 atom stereocenters. The molecule has 0 aliphatic heterocycles. The molecule has 0 spiro atoms. The highest BCUT2D eigenvalue weighted by Crippen LogP contribution is 2.02. The molecule has 0 saturated carbocycles. The zero-order valence-corrected chi connectivity index (χ0v) is 10.9. The molecule has 0 N–H and O–H groups in total. The quantitative estimate of drug-likeness (QED) is 0.571. The topological polar surface area (TPSA) is 90.0 Å². The Hall–Kier alpha value is -1.15. The lowest BCUT2D eigenvalue weighted by atomic mass is 10.3. The van der Waals surface area contributed by atoms with Crippen LogP contribution in [0.4, 0.5) is 0 Å². The van der Waals surface area contributed by atoms with Gasteiger partial charge in [0.25, 0.3) is 0 Å². The van der Waals surface area contributed by atoms with Gasteiger partial charge in [-0.15, -0.1) is 0 Å². The molecule has 0 rings (SSSR count). The molecule has 7 nitrogen and oxygen atoms in total. The van der Waals surface area contributed by atoms with E-state index in [1.807, 2.05) is 0 Å². The average Bonchev–Trinajstić information content (AvgIpc) is 2.27. The minimum Gasteiger partial charge on any atom is -0.469 e. The highest BCUT2D eigenvalue weighted by molar-refractivity contribution is 7.89. The second-order valence-electron chi connectivity index (χ2n) is 3.33. The van der Waals surface area contributed by atoms with Crippen molar-refractivity contribution in [1.29, 1.82) is 0 Å². The number of sulfonamides is 1. The second-order valence-corrected chi connectivity index (χ2v) is 5.41. The first-order valence-electron chi connectivity index (χ1n) is 4.91. The Morgan fingerprint density at radius 2 is 1.65 bits per heavy atom. The van der Waals surface area contributed by atoms with Gasteiger partial charge in [0, 0.05) is 20.0 Å². The number of carbonyl (C=O) groups is 2. The molecule has 0 aromatic rings. The van der Waals surface area contributed by atoms with E-state index in [0.717, 1.165) is 11.4 Å². The fourth-order valence-corrected chi connectivity index (χ4v) is 2.05. The number of hydrogen-bond acceptors (Lipinski definition) is 6.